The molecule has 0 aromatic carbocycles. The van der Waals surface area contributed by atoms with Crippen molar-refractivity contribution in [3.05, 3.63) is 10.0 Å². The molecule has 0 aliphatic heterocycles. The average Bonchev–Trinajstić information content (AvgIpc) is 3.54. The third-order valence-corrected chi connectivity index (χ3v) is 10.1. The topological polar surface area (TPSA) is 278 Å². The summed E-state index contributed by atoms with van der Waals surface area (Å²) in [7, 11) is -7.71. The molecule has 48 heavy (non-hydrogen) atoms. The molecule has 2 aromatic heterocycles. The number of aromatic nitrogens is 4. The highest BCUT2D eigenvalue weighted by atomic mass is 32.3. The van der Waals surface area contributed by atoms with E-state index in [1.807, 2.05) is 0 Å². The number of sulfonamides is 2. The van der Waals surface area contributed by atoms with Crippen LogP contribution >= 0.6 is 22.7 Å². The Morgan fingerprint density at radius 3 is 1.21 bits per heavy atom. The van der Waals surface area contributed by atoms with Gasteiger partial charge in [0.15, 0.2) is 0 Å². The zero-order valence-electron chi connectivity index (χ0n) is 27.5. The van der Waals surface area contributed by atoms with Gasteiger partial charge in [-0.2, -0.15) is 0 Å². The highest BCUT2D eigenvalue weighted by molar-refractivity contribution is 7.91. The molecule has 2 aromatic rings. The maximum atomic E-state index is 12.0. The minimum absolute atomic E-state index is 0.168. The van der Waals surface area contributed by atoms with Crippen LogP contribution in [0.5, 0.6) is 0 Å². The number of nitrogens with one attached hydrogen (secondary N) is 2. The molecule has 0 aliphatic rings. The number of amides is 2. The third-order valence-electron chi connectivity index (χ3n) is 4.78. The largest absolute Gasteiger partial charge is 0.480 e. The molecule has 4 N–H and O–H groups in total. The summed E-state index contributed by atoms with van der Waals surface area (Å²) in [4.78, 5) is 47.5. The van der Waals surface area contributed by atoms with Gasteiger partial charge < -0.3 is 19.7 Å². The molecule has 2 rings (SSSR count). The fourth-order valence-corrected chi connectivity index (χ4v) is 7.03. The maximum absolute atomic E-state index is 12.0. The van der Waals surface area contributed by atoms with Gasteiger partial charge in [-0.1, -0.05) is 22.7 Å². The minimum Gasteiger partial charge on any atom is -0.480 e. The lowest BCUT2D eigenvalue weighted by atomic mass is 10.2. The van der Waals surface area contributed by atoms with Crippen molar-refractivity contribution >= 4 is 66.8 Å². The standard InChI is InChI=1S/2C12H20N4O6S2/c2*1-8-14-15-10(23-8)24(20,21)13-5-6-16(7-9(17)18)11(19)22-12(2,3)4/h2*13H,5-7H2,1-4H3,(H,17,18). The number of hydrogen-bond donors (Lipinski definition) is 4. The van der Waals surface area contributed by atoms with Gasteiger partial charge in [-0.3, -0.25) is 19.4 Å². The molecule has 0 unspecified atom stereocenters. The van der Waals surface area contributed by atoms with Crippen LogP contribution in [0.25, 0.3) is 0 Å². The Morgan fingerprint density at radius 1 is 0.667 bits per heavy atom. The summed E-state index contributed by atoms with van der Waals surface area (Å²) in [5.41, 5.74) is -1.59. The van der Waals surface area contributed by atoms with Crippen LogP contribution in [0.3, 0.4) is 0 Å². The van der Waals surface area contributed by atoms with E-state index in [4.69, 9.17) is 19.7 Å². The number of hydrogen-bond acceptors (Lipinski definition) is 16. The van der Waals surface area contributed by atoms with Crippen molar-refractivity contribution < 1.29 is 55.7 Å². The van der Waals surface area contributed by atoms with E-state index in [2.05, 4.69) is 29.8 Å². The number of carbonyl (C=O) groups excluding carboxylic acids is 2. The van der Waals surface area contributed by atoms with Gasteiger partial charge in [0.25, 0.3) is 20.0 Å². The number of rotatable bonds is 14. The van der Waals surface area contributed by atoms with Crippen LogP contribution in [0, 0.1) is 13.8 Å². The summed E-state index contributed by atoms with van der Waals surface area (Å²) >= 11 is 1.81. The first kappa shape index (κ1) is 42.4. The normalized spacial score (nSPS) is 12.0. The molecule has 20 nitrogen and oxygen atoms in total. The molecule has 0 spiro atoms. The van der Waals surface area contributed by atoms with Gasteiger partial charge in [-0.05, 0) is 55.4 Å². The lowest BCUT2D eigenvalue weighted by molar-refractivity contribution is -0.139. The average molecular weight is 761 g/mol. The van der Waals surface area contributed by atoms with Crippen LogP contribution in [-0.2, 0) is 39.1 Å². The summed E-state index contributed by atoms with van der Waals surface area (Å²) in [5, 5.41) is 33.0. The smallest absolute Gasteiger partial charge is 0.410 e. The zero-order valence-corrected chi connectivity index (χ0v) is 30.8. The van der Waals surface area contributed by atoms with Crippen molar-refractivity contribution in [1.82, 2.24) is 39.6 Å². The van der Waals surface area contributed by atoms with Crippen LogP contribution in [0.2, 0.25) is 0 Å². The van der Waals surface area contributed by atoms with Crippen molar-refractivity contribution in [2.24, 2.45) is 0 Å². The van der Waals surface area contributed by atoms with Gasteiger partial charge in [0.05, 0.1) is 0 Å². The van der Waals surface area contributed by atoms with Crippen molar-refractivity contribution in [2.75, 3.05) is 39.3 Å². The summed E-state index contributed by atoms with van der Waals surface area (Å²) in [6.45, 7) is 11.2. The van der Waals surface area contributed by atoms with Gasteiger partial charge in [-0.15, -0.1) is 20.4 Å². The molecule has 2 amide bonds. The highest BCUT2D eigenvalue weighted by Gasteiger charge is 2.27. The zero-order chi connectivity index (χ0) is 37.1. The van der Waals surface area contributed by atoms with Gasteiger partial charge >= 0.3 is 24.1 Å². The molecule has 0 fully saturated rings. The molecule has 2 heterocycles. The highest BCUT2D eigenvalue weighted by Crippen LogP contribution is 2.15. The Kier molecular flexibility index (Phi) is 15.7. The second kappa shape index (κ2) is 17.7. The fourth-order valence-electron chi connectivity index (χ4n) is 2.98. The van der Waals surface area contributed by atoms with Crippen molar-refractivity contribution in [2.45, 2.75) is 75.3 Å². The first-order chi connectivity index (χ1) is 21.8. The third kappa shape index (κ3) is 16.5. The molecular weight excluding hydrogens is 721 g/mol. The minimum atomic E-state index is -3.86. The van der Waals surface area contributed by atoms with Crippen LogP contribution in [0.4, 0.5) is 9.59 Å². The van der Waals surface area contributed by atoms with Crippen LogP contribution in [0.15, 0.2) is 8.68 Å². The SMILES string of the molecule is Cc1nnc(S(=O)(=O)NCCN(CC(=O)O)C(=O)OC(C)(C)C)s1.Cc1nnc(S(=O)(=O)NCCN(CC(=O)O)C(=O)OC(C)(C)C)s1. The lowest BCUT2D eigenvalue weighted by Gasteiger charge is -2.26. The molecular formula is C24H40N8O12S4. The van der Waals surface area contributed by atoms with Gasteiger partial charge in [0.2, 0.25) is 8.68 Å². The predicted octanol–water partition coefficient (Wildman–Crippen LogP) is 0.893. The van der Waals surface area contributed by atoms with E-state index in [1.165, 1.54) is 0 Å². The summed E-state index contributed by atoms with van der Waals surface area (Å²) in [5.74, 6) is -2.47. The molecule has 0 aliphatic carbocycles. The van der Waals surface area contributed by atoms with Crippen molar-refractivity contribution in [3.8, 4) is 0 Å². The molecule has 0 radical (unpaired) electrons. The van der Waals surface area contributed by atoms with Gasteiger partial charge in [-0.25, -0.2) is 35.9 Å². The summed E-state index contributed by atoms with van der Waals surface area (Å²) in [6, 6.07) is 0. The predicted molar refractivity (Wildman–Crippen MR) is 171 cm³/mol. The molecule has 272 valence electrons. The quantitative estimate of drug-likeness (QED) is 0.208. The number of carbonyl (C=O) groups is 4. The lowest BCUT2D eigenvalue weighted by Crippen LogP contribution is -2.43. The Balaban J connectivity index is 0.000000480. The monoisotopic (exact) mass is 760 g/mol. The van der Waals surface area contributed by atoms with Crippen LogP contribution < -0.4 is 9.44 Å². The van der Waals surface area contributed by atoms with Crippen LogP contribution in [0.1, 0.15) is 51.6 Å². The number of carboxylic acids is 2. The van der Waals surface area contributed by atoms with Crippen molar-refractivity contribution in [1.29, 1.82) is 0 Å². The first-order valence-corrected chi connectivity index (χ1v) is 18.4. The Morgan fingerprint density at radius 2 is 0.979 bits per heavy atom. The second-order valence-corrected chi connectivity index (χ2v) is 17.8. The fraction of sp³-hybridized carbons (Fsp3) is 0.667. The molecule has 24 heteroatoms. The maximum Gasteiger partial charge on any atom is 0.410 e. The Labute approximate surface area is 285 Å². The van der Waals surface area contributed by atoms with Gasteiger partial charge in [0, 0.05) is 26.2 Å². The van der Waals surface area contributed by atoms with Gasteiger partial charge in [0.1, 0.15) is 34.3 Å². The second-order valence-electron chi connectivity index (χ2n) is 11.6. The van der Waals surface area contributed by atoms with E-state index in [9.17, 15) is 36.0 Å². The Hall–Kier alpha value is -3.58. The van der Waals surface area contributed by atoms with Crippen LogP contribution in [-0.4, -0.2) is 132 Å². The molecule has 0 saturated carbocycles. The van der Waals surface area contributed by atoms with E-state index >= 15 is 0 Å². The summed E-state index contributed by atoms with van der Waals surface area (Å²) in [6.07, 6.45) is -1.67. The number of aliphatic carboxylic acids is 2. The number of aryl methyl sites for hydroxylation is 2. The first-order valence-electron chi connectivity index (χ1n) is 13.8. The molecule has 0 saturated heterocycles. The molecule has 0 bridgehead atoms. The van der Waals surface area contributed by atoms with E-state index in [-0.39, 0.29) is 34.9 Å². The van der Waals surface area contributed by atoms with E-state index in [0.29, 0.717) is 10.0 Å². The van der Waals surface area contributed by atoms with E-state index in [1.54, 1.807) is 55.4 Å². The number of nitrogens with zero attached hydrogens (tertiary/aromatic N) is 6. The number of ether oxygens (including phenoxy) is 2. The Bertz CT molecular complexity index is 1510. The van der Waals surface area contributed by atoms with E-state index < -0.39 is 68.5 Å². The number of carboxylic acid groups (broad SMARTS) is 2. The van der Waals surface area contributed by atoms with Crippen molar-refractivity contribution in [3.63, 3.8) is 0 Å². The summed E-state index contributed by atoms with van der Waals surface area (Å²) < 4.78 is 62.3. The van der Waals surface area contributed by atoms with E-state index in [0.717, 1.165) is 32.5 Å². The molecule has 0 atom stereocenters.